The number of nitrogens with zero attached hydrogens (tertiary/aromatic N) is 3. The van der Waals surface area contributed by atoms with Crippen LogP contribution >= 0.6 is 11.8 Å². The number of carbonyl (C=O) groups excluding carboxylic acids is 1. The van der Waals surface area contributed by atoms with Gasteiger partial charge in [0.1, 0.15) is 0 Å². The van der Waals surface area contributed by atoms with E-state index in [1.807, 2.05) is 30.3 Å². The Labute approximate surface area is 166 Å². The quantitative estimate of drug-likeness (QED) is 0.362. The first-order chi connectivity index (χ1) is 13.5. The van der Waals surface area contributed by atoms with Crippen LogP contribution in [-0.4, -0.2) is 27.9 Å². The highest BCUT2D eigenvalue weighted by molar-refractivity contribution is 8.00. The first-order valence-electron chi connectivity index (χ1n) is 8.76. The lowest BCUT2D eigenvalue weighted by atomic mass is 10.1. The number of aryl methyl sites for hydroxylation is 1. The van der Waals surface area contributed by atoms with Crippen molar-refractivity contribution >= 4 is 28.6 Å². The Kier molecular flexibility index (Phi) is 6.12. The van der Waals surface area contributed by atoms with Crippen molar-refractivity contribution in [3.63, 3.8) is 0 Å². The number of carbonyl (C=O) groups is 1. The summed E-state index contributed by atoms with van der Waals surface area (Å²) in [6.45, 7) is 2.21. The molecule has 0 fully saturated rings. The summed E-state index contributed by atoms with van der Waals surface area (Å²) in [6.07, 6.45) is 0.669. The number of fused-ring (bicyclic) bond motifs is 1. The Hall–Kier alpha value is -3.11. The number of ether oxygens (including phenoxy) is 1. The third-order valence-electron chi connectivity index (χ3n) is 4.27. The molecule has 6 nitrogen and oxygen atoms in total. The molecule has 0 radical (unpaired) electrons. The number of aromatic nitrogens is 2. The van der Waals surface area contributed by atoms with Crippen molar-refractivity contribution in [1.82, 2.24) is 9.55 Å². The molecule has 1 unspecified atom stereocenters. The average Bonchev–Trinajstić information content (AvgIpc) is 2.73. The highest BCUT2D eigenvalue weighted by atomic mass is 32.2. The van der Waals surface area contributed by atoms with E-state index < -0.39 is 5.97 Å². The van der Waals surface area contributed by atoms with Crippen molar-refractivity contribution < 1.29 is 9.53 Å². The molecule has 2 aromatic carbocycles. The van der Waals surface area contributed by atoms with E-state index in [-0.39, 0.29) is 10.8 Å². The number of thioether (sulfide) groups is 1. The lowest BCUT2D eigenvalue weighted by molar-refractivity contribution is 0.0601. The van der Waals surface area contributed by atoms with Crippen LogP contribution in [0.25, 0.3) is 10.9 Å². The van der Waals surface area contributed by atoms with Gasteiger partial charge in [-0.2, -0.15) is 5.26 Å². The van der Waals surface area contributed by atoms with Gasteiger partial charge in [0.25, 0.3) is 5.56 Å². The Morgan fingerprint density at radius 1 is 1.29 bits per heavy atom. The lowest BCUT2D eigenvalue weighted by Gasteiger charge is -2.14. The Morgan fingerprint density at radius 3 is 2.71 bits per heavy atom. The predicted molar refractivity (Wildman–Crippen MR) is 108 cm³/mol. The predicted octanol–water partition coefficient (Wildman–Crippen LogP) is 3.43. The summed E-state index contributed by atoms with van der Waals surface area (Å²) >= 11 is 1.23. The Balaban J connectivity index is 2.07. The van der Waals surface area contributed by atoms with Crippen molar-refractivity contribution in [1.29, 1.82) is 5.26 Å². The SMILES string of the molecule is COC(=O)c1ccc2c(=O)n(CCc3ccccc3)c(SC(C)C#N)nc2c1. The third-order valence-corrected chi connectivity index (χ3v) is 5.25. The van der Waals surface area contributed by atoms with Gasteiger partial charge in [0.05, 0.1) is 34.9 Å². The van der Waals surface area contributed by atoms with E-state index in [0.29, 0.717) is 34.6 Å². The topological polar surface area (TPSA) is 85.0 Å². The minimum atomic E-state index is -0.489. The number of benzene rings is 2. The van der Waals surface area contributed by atoms with Gasteiger partial charge in [-0.25, -0.2) is 9.78 Å². The van der Waals surface area contributed by atoms with Crippen LogP contribution < -0.4 is 5.56 Å². The molecule has 3 rings (SSSR count). The molecule has 7 heteroatoms. The Bertz CT molecular complexity index is 1100. The van der Waals surface area contributed by atoms with Gasteiger partial charge in [-0.3, -0.25) is 9.36 Å². The smallest absolute Gasteiger partial charge is 0.337 e. The fourth-order valence-corrected chi connectivity index (χ4v) is 3.62. The minimum Gasteiger partial charge on any atom is -0.465 e. The molecule has 0 amide bonds. The highest BCUT2D eigenvalue weighted by Crippen LogP contribution is 2.23. The van der Waals surface area contributed by atoms with Gasteiger partial charge in [0, 0.05) is 6.54 Å². The summed E-state index contributed by atoms with van der Waals surface area (Å²) in [6, 6.07) is 16.7. The number of hydrogen-bond donors (Lipinski definition) is 0. The Morgan fingerprint density at radius 2 is 2.04 bits per heavy atom. The maximum atomic E-state index is 13.1. The standard InChI is InChI=1S/C21H19N3O3S/c1-14(13-22)28-21-23-18-12-16(20(26)27-2)8-9-17(18)19(25)24(21)11-10-15-6-4-3-5-7-15/h3-9,12,14H,10-11H2,1-2H3. The second-order valence-electron chi connectivity index (χ2n) is 6.20. The van der Waals surface area contributed by atoms with Crippen LogP contribution in [0.1, 0.15) is 22.8 Å². The lowest BCUT2D eigenvalue weighted by Crippen LogP contribution is -2.25. The van der Waals surface area contributed by atoms with Gasteiger partial charge in [-0.15, -0.1) is 0 Å². The molecule has 0 aliphatic carbocycles. The van der Waals surface area contributed by atoms with Crippen LogP contribution in [0.4, 0.5) is 0 Å². The second kappa shape index (κ2) is 8.72. The van der Waals surface area contributed by atoms with Crippen molar-refractivity contribution in [3.05, 3.63) is 70.0 Å². The molecule has 0 spiro atoms. The number of rotatable bonds is 6. The molecule has 0 bridgehead atoms. The monoisotopic (exact) mass is 393 g/mol. The summed E-state index contributed by atoms with van der Waals surface area (Å²) in [5.41, 5.74) is 1.66. The van der Waals surface area contributed by atoms with E-state index in [1.165, 1.54) is 18.9 Å². The van der Waals surface area contributed by atoms with Crippen LogP contribution in [0.5, 0.6) is 0 Å². The van der Waals surface area contributed by atoms with Gasteiger partial charge < -0.3 is 4.74 Å². The normalized spacial score (nSPS) is 11.8. The molecule has 1 heterocycles. The summed E-state index contributed by atoms with van der Waals surface area (Å²) < 4.78 is 6.34. The number of esters is 1. The summed E-state index contributed by atoms with van der Waals surface area (Å²) in [4.78, 5) is 29.5. The van der Waals surface area contributed by atoms with Crippen LogP contribution in [0.3, 0.4) is 0 Å². The summed E-state index contributed by atoms with van der Waals surface area (Å²) in [7, 11) is 1.30. The number of methoxy groups -OCH3 is 1. The molecule has 0 aliphatic rings. The molecule has 28 heavy (non-hydrogen) atoms. The third kappa shape index (κ3) is 4.24. The van der Waals surface area contributed by atoms with E-state index >= 15 is 0 Å². The van der Waals surface area contributed by atoms with E-state index in [9.17, 15) is 14.9 Å². The molecule has 0 saturated carbocycles. The van der Waals surface area contributed by atoms with Gasteiger partial charge >= 0.3 is 5.97 Å². The average molecular weight is 393 g/mol. The van der Waals surface area contributed by atoms with E-state index in [1.54, 1.807) is 29.7 Å². The first kappa shape index (κ1) is 19.6. The highest BCUT2D eigenvalue weighted by Gasteiger charge is 2.16. The zero-order chi connectivity index (χ0) is 20.1. The largest absolute Gasteiger partial charge is 0.465 e. The maximum absolute atomic E-state index is 13.1. The van der Waals surface area contributed by atoms with Crippen LogP contribution in [-0.2, 0) is 17.7 Å². The van der Waals surface area contributed by atoms with E-state index in [2.05, 4.69) is 11.1 Å². The minimum absolute atomic E-state index is 0.190. The molecule has 0 aliphatic heterocycles. The van der Waals surface area contributed by atoms with Crippen molar-refractivity contribution in [2.24, 2.45) is 0 Å². The summed E-state index contributed by atoms with van der Waals surface area (Å²) in [5.74, 6) is -0.489. The fourth-order valence-electron chi connectivity index (χ4n) is 2.80. The zero-order valence-corrected chi connectivity index (χ0v) is 16.4. The van der Waals surface area contributed by atoms with E-state index in [0.717, 1.165) is 5.56 Å². The number of nitriles is 1. The maximum Gasteiger partial charge on any atom is 0.337 e. The van der Waals surface area contributed by atoms with Crippen molar-refractivity contribution in [2.45, 2.75) is 30.3 Å². The molecule has 3 aromatic rings. The molecular formula is C21H19N3O3S. The van der Waals surface area contributed by atoms with Gasteiger partial charge in [-0.05, 0) is 37.1 Å². The van der Waals surface area contributed by atoms with E-state index in [4.69, 9.17) is 4.74 Å². The zero-order valence-electron chi connectivity index (χ0n) is 15.6. The molecular weight excluding hydrogens is 374 g/mol. The van der Waals surface area contributed by atoms with Crippen LogP contribution in [0.15, 0.2) is 58.5 Å². The summed E-state index contributed by atoms with van der Waals surface area (Å²) in [5, 5.41) is 9.70. The molecule has 0 N–H and O–H groups in total. The molecule has 142 valence electrons. The molecule has 0 saturated heterocycles. The number of hydrogen-bond acceptors (Lipinski definition) is 6. The fraction of sp³-hybridized carbons (Fsp3) is 0.238. The molecule has 1 atom stereocenters. The van der Waals surface area contributed by atoms with Gasteiger partial charge in [0.15, 0.2) is 5.16 Å². The second-order valence-corrected chi connectivity index (χ2v) is 7.51. The van der Waals surface area contributed by atoms with Gasteiger partial charge in [-0.1, -0.05) is 42.1 Å². The van der Waals surface area contributed by atoms with Gasteiger partial charge in [0.2, 0.25) is 0 Å². The van der Waals surface area contributed by atoms with Crippen molar-refractivity contribution in [3.8, 4) is 6.07 Å². The first-order valence-corrected chi connectivity index (χ1v) is 9.64. The van der Waals surface area contributed by atoms with Crippen LogP contribution in [0, 0.1) is 11.3 Å². The van der Waals surface area contributed by atoms with Crippen molar-refractivity contribution in [2.75, 3.05) is 7.11 Å². The van der Waals surface area contributed by atoms with Crippen LogP contribution in [0.2, 0.25) is 0 Å². The molecule has 1 aromatic heterocycles.